The molecule has 0 amide bonds. The van der Waals surface area contributed by atoms with Gasteiger partial charge in [0.2, 0.25) is 5.89 Å². The first kappa shape index (κ1) is 15.9. The van der Waals surface area contributed by atoms with Crippen LogP contribution in [0.15, 0.2) is 17.0 Å². The van der Waals surface area contributed by atoms with Crippen molar-refractivity contribution in [1.29, 1.82) is 0 Å². The van der Waals surface area contributed by atoms with Gasteiger partial charge in [-0.2, -0.15) is 10.1 Å². The van der Waals surface area contributed by atoms with Crippen LogP contribution in [0.5, 0.6) is 0 Å². The fourth-order valence-corrected chi connectivity index (χ4v) is 3.26. The molecule has 0 spiro atoms. The zero-order valence-electron chi connectivity index (χ0n) is 14.8. The Morgan fingerprint density at radius 3 is 2.72 bits per heavy atom. The molecule has 0 radical (unpaired) electrons. The zero-order valence-corrected chi connectivity index (χ0v) is 14.8. The summed E-state index contributed by atoms with van der Waals surface area (Å²) in [6.07, 6.45) is 4.24. The third kappa shape index (κ3) is 2.84. The van der Waals surface area contributed by atoms with Gasteiger partial charge in [0.15, 0.2) is 11.5 Å². The molecule has 3 aromatic rings. The minimum Gasteiger partial charge on any atom is -0.353 e. The van der Waals surface area contributed by atoms with E-state index in [-0.39, 0.29) is 6.04 Å². The molecule has 1 unspecified atom stereocenters. The van der Waals surface area contributed by atoms with Crippen LogP contribution in [-0.2, 0) is 13.5 Å². The molecular weight excluding hydrogens is 320 g/mol. The molecule has 0 aromatic carbocycles. The molecule has 1 fully saturated rings. The van der Waals surface area contributed by atoms with Gasteiger partial charge in [0, 0.05) is 39.6 Å². The molecule has 1 atom stereocenters. The average Bonchev–Trinajstić information content (AvgIpc) is 3.28. The van der Waals surface area contributed by atoms with E-state index in [1.54, 1.807) is 11.0 Å². The first-order valence-corrected chi connectivity index (χ1v) is 8.61. The summed E-state index contributed by atoms with van der Waals surface area (Å²) in [5.41, 5.74) is 0.860. The first-order valence-electron chi connectivity index (χ1n) is 8.61. The maximum Gasteiger partial charge on any atom is 0.243 e. The lowest BCUT2D eigenvalue weighted by atomic mass is 10.2. The van der Waals surface area contributed by atoms with Crippen molar-refractivity contribution in [3.05, 3.63) is 24.2 Å². The van der Waals surface area contributed by atoms with E-state index in [0.29, 0.717) is 5.89 Å². The highest BCUT2D eigenvalue weighted by Crippen LogP contribution is 2.26. The second kappa shape index (κ2) is 6.40. The Kier molecular flexibility index (Phi) is 4.08. The number of nitrogens with zero attached hydrogens (tertiary/aromatic N) is 8. The highest BCUT2D eigenvalue weighted by Gasteiger charge is 2.27. The highest BCUT2D eigenvalue weighted by molar-refractivity contribution is 5.86. The van der Waals surface area contributed by atoms with Crippen LogP contribution in [0.2, 0.25) is 0 Å². The number of hydrogen-bond acceptors (Lipinski definition) is 8. The van der Waals surface area contributed by atoms with Gasteiger partial charge in [-0.3, -0.25) is 9.58 Å². The van der Waals surface area contributed by atoms with E-state index in [4.69, 9.17) is 4.52 Å². The van der Waals surface area contributed by atoms with E-state index in [1.165, 1.54) is 0 Å². The monoisotopic (exact) mass is 342 g/mol. The Morgan fingerprint density at radius 2 is 2.00 bits per heavy atom. The van der Waals surface area contributed by atoms with Gasteiger partial charge < -0.3 is 9.42 Å². The summed E-state index contributed by atoms with van der Waals surface area (Å²) in [6.45, 7) is 7.75. The van der Waals surface area contributed by atoms with Gasteiger partial charge in [-0.25, -0.2) is 9.97 Å². The van der Waals surface area contributed by atoms with E-state index < -0.39 is 0 Å². The molecule has 0 aliphatic carbocycles. The molecule has 25 heavy (non-hydrogen) atoms. The Bertz CT molecular complexity index is 864. The standard InChI is InChI=1S/C16H22N8O/c1-4-13-20-16(25-21-13)11(2)23-5-7-24(8-6-23)15-12-9-19-22(3)14(12)17-10-18-15/h9-11H,4-8H2,1-3H3. The van der Waals surface area contributed by atoms with Crippen molar-refractivity contribution in [2.75, 3.05) is 31.1 Å². The highest BCUT2D eigenvalue weighted by atomic mass is 16.5. The normalized spacial score (nSPS) is 17.3. The van der Waals surface area contributed by atoms with Crippen molar-refractivity contribution in [1.82, 2.24) is 34.8 Å². The smallest absolute Gasteiger partial charge is 0.243 e. The van der Waals surface area contributed by atoms with Crippen LogP contribution < -0.4 is 4.90 Å². The molecule has 0 N–H and O–H groups in total. The molecule has 0 saturated carbocycles. The van der Waals surface area contributed by atoms with Crippen molar-refractivity contribution < 1.29 is 4.52 Å². The fourth-order valence-electron chi connectivity index (χ4n) is 3.26. The third-order valence-electron chi connectivity index (χ3n) is 4.83. The number of aromatic nitrogens is 6. The van der Waals surface area contributed by atoms with Gasteiger partial charge in [0.1, 0.15) is 12.1 Å². The van der Waals surface area contributed by atoms with Crippen LogP contribution in [0, 0.1) is 0 Å². The molecular formula is C16H22N8O. The molecule has 4 rings (SSSR count). The average molecular weight is 342 g/mol. The zero-order chi connectivity index (χ0) is 17.4. The molecule has 1 saturated heterocycles. The summed E-state index contributed by atoms with van der Waals surface area (Å²) in [4.78, 5) is 17.9. The van der Waals surface area contributed by atoms with Gasteiger partial charge in [0.05, 0.1) is 17.6 Å². The van der Waals surface area contributed by atoms with Gasteiger partial charge >= 0.3 is 0 Å². The predicted octanol–water partition coefficient (Wildman–Crippen LogP) is 1.19. The maximum absolute atomic E-state index is 5.39. The number of rotatable bonds is 4. The lowest BCUT2D eigenvalue weighted by Gasteiger charge is -2.37. The number of hydrogen-bond donors (Lipinski definition) is 0. The summed E-state index contributed by atoms with van der Waals surface area (Å²) in [5, 5.41) is 9.29. The molecule has 4 heterocycles. The maximum atomic E-state index is 5.39. The lowest BCUT2D eigenvalue weighted by molar-refractivity contribution is 0.164. The minimum absolute atomic E-state index is 0.124. The third-order valence-corrected chi connectivity index (χ3v) is 4.83. The fraction of sp³-hybridized carbons (Fsp3) is 0.562. The summed E-state index contributed by atoms with van der Waals surface area (Å²) < 4.78 is 7.17. The van der Waals surface area contributed by atoms with Crippen LogP contribution in [0.25, 0.3) is 11.0 Å². The van der Waals surface area contributed by atoms with E-state index in [1.807, 2.05) is 20.2 Å². The number of anilines is 1. The second-order valence-corrected chi connectivity index (χ2v) is 6.30. The van der Waals surface area contributed by atoms with Crippen molar-refractivity contribution in [3.63, 3.8) is 0 Å². The SMILES string of the molecule is CCc1noc(C(C)N2CCN(c3ncnc4c3cnn4C)CC2)n1. The number of aryl methyl sites for hydroxylation is 2. The van der Waals surface area contributed by atoms with Crippen molar-refractivity contribution in [3.8, 4) is 0 Å². The Labute approximate surface area is 145 Å². The minimum atomic E-state index is 0.124. The van der Waals surface area contributed by atoms with Gasteiger partial charge in [0.25, 0.3) is 0 Å². The van der Waals surface area contributed by atoms with Crippen LogP contribution in [-0.4, -0.2) is 61.0 Å². The van der Waals surface area contributed by atoms with Crippen molar-refractivity contribution in [2.24, 2.45) is 7.05 Å². The largest absolute Gasteiger partial charge is 0.353 e. The Hall–Kier alpha value is -2.55. The van der Waals surface area contributed by atoms with Crippen molar-refractivity contribution in [2.45, 2.75) is 26.3 Å². The topological polar surface area (TPSA) is 89.0 Å². The van der Waals surface area contributed by atoms with Crippen LogP contribution in [0.1, 0.15) is 31.6 Å². The van der Waals surface area contributed by atoms with E-state index in [9.17, 15) is 0 Å². The molecule has 9 heteroatoms. The summed E-state index contributed by atoms with van der Waals surface area (Å²) in [7, 11) is 1.90. The second-order valence-electron chi connectivity index (χ2n) is 6.30. The predicted molar refractivity (Wildman–Crippen MR) is 92.2 cm³/mol. The van der Waals surface area contributed by atoms with Gasteiger partial charge in [-0.1, -0.05) is 12.1 Å². The van der Waals surface area contributed by atoms with Gasteiger partial charge in [-0.15, -0.1) is 0 Å². The number of piperazine rings is 1. The van der Waals surface area contributed by atoms with Crippen molar-refractivity contribution >= 4 is 16.9 Å². The summed E-state index contributed by atoms with van der Waals surface area (Å²) in [6, 6.07) is 0.124. The molecule has 3 aromatic heterocycles. The summed E-state index contributed by atoms with van der Waals surface area (Å²) in [5.74, 6) is 2.42. The molecule has 1 aliphatic rings. The van der Waals surface area contributed by atoms with E-state index >= 15 is 0 Å². The van der Waals surface area contributed by atoms with Crippen LogP contribution >= 0.6 is 0 Å². The van der Waals surface area contributed by atoms with E-state index in [2.05, 4.69) is 41.9 Å². The van der Waals surface area contributed by atoms with Crippen LogP contribution in [0.3, 0.4) is 0 Å². The molecule has 9 nitrogen and oxygen atoms in total. The molecule has 0 bridgehead atoms. The number of fused-ring (bicyclic) bond motifs is 1. The Morgan fingerprint density at radius 1 is 1.20 bits per heavy atom. The first-order chi connectivity index (χ1) is 12.2. The molecule has 1 aliphatic heterocycles. The molecule has 132 valence electrons. The Balaban J connectivity index is 1.47. The van der Waals surface area contributed by atoms with E-state index in [0.717, 1.165) is 55.3 Å². The lowest BCUT2D eigenvalue weighted by Crippen LogP contribution is -2.47. The summed E-state index contributed by atoms with van der Waals surface area (Å²) >= 11 is 0. The van der Waals surface area contributed by atoms with Crippen LogP contribution in [0.4, 0.5) is 5.82 Å². The van der Waals surface area contributed by atoms with Gasteiger partial charge in [-0.05, 0) is 6.92 Å². The quantitative estimate of drug-likeness (QED) is 0.698.